The number of hydrogen-bond donors (Lipinski definition) is 1. The zero-order valence-corrected chi connectivity index (χ0v) is 12.1. The summed E-state index contributed by atoms with van der Waals surface area (Å²) >= 11 is 0. The van der Waals surface area contributed by atoms with Gasteiger partial charge in [-0.2, -0.15) is 0 Å². The van der Waals surface area contributed by atoms with Crippen molar-refractivity contribution in [3.05, 3.63) is 30.3 Å². The molecule has 0 unspecified atom stereocenters. The molecule has 0 spiro atoms. The van der Waals surface area contributed by atoms with Gasteiger partial charge in [-0.15, -0.1) is 0 Å². The van der Waals surface area contributed by atoms with Gasteiger partial charge in [0.25, 0.3) is 5.91 Å². The fourth-order valence-corrected chi connectivity index (χ4v) is 3.76. The molecule has 3 saturated heterocycles. The monoisotopic (exact) mass is 284 g/mol. The summed E-state index contributed by atoms with van der Waals surface area (Å²) in [6.07, 6.45) is 5.60. The number of carbonyl (C=O) groups is 1. The summed E-state index contributed by atoms with van der Waals surface area (Å²) in [5.41, 5.74) is 1.18. The van der Waals surface area contributed by atoms with E-state index >= 15 is 0 Å². The average Bonchev–Trinajstić information content (AvgIpc) is 2.98. The maximum absolute atomic E-state index is 12.5. The van der Waals surface area contributed by atoms with Crippen molar-refractivity contribution in [2.45, 2.75) is 31.8 Å². The van der Waals surface area contributed by atoms with Crippen molar-refractivity contribution in [1.82, 2.24) is 15.2 Å². The summed E-state index contributed by atoms with van der Waals surface area (Å²) in [7, 11) is 0. The van der Waals surface area contributed by atoms with Crippen molar-refractivity contribution >= 4 is 16.9 Å². The van der Waals surface area contributed by atoms with Crippen LogP contribution in [0.5, 0.6) is 0 Å². The van der Waals surface area contributed by atoms with E-state index in [0.29, 0.717) is 23.2 Å². The molecule has 0 aromatic carbocycles. The first kappa shape index (κ1) is 12.8. The zero-order chi connectivity index (χ0) is 14.4. The van der Waals surface area contributed by atoms with Gasteiger partial charge >= 0.3 is 0 Å². The van der Waals surface area contributed by atoms with Crippen LogP contribution in [0.2, 0.25) is 0 Å². The highest BCUT2D eigenvalue weighted by atomic mass is 16.3. The number of piperidine rings is 3. The van der Waals surface area contributed by atoms with Crippen LogP contribution in [0, 0.1) is 5.92 Å². The van der Waals surface area contributed by atoms with E-state index in [1.165, 1.54) is 12.8 Å². The van der Waals surface area contributed by atoms with Crippen LogP contribution in [-0.4, -0.2) is 41.0 Å². The highest BCUT2D eigenvalue weighted by Gasteiger charge is 2.40. The van der Waals surface area contributed by atoms with Crippen LogP contribution in [0.1, 0.15) is 30.3 Å². The van der Waals surface area contributed by atoms with Gasteiger partial charge in [0.15, 0.2) is 5.58 Å². The van der Waals surface area contributed by atoms with Crippen LogP contribution < -0.4 is 5.32 Å². The number of amides is 1. The van der Waals surface area contributed by atoms with E-state index in [2.05, 4.69) is 22.1 Å². The summed E-state index contributed by atoms with van der Waals surface area (Å²) in [6.45, 7) is 4.54. The minimum absolute atomic E-state index is 0.0799. The molecule has 2 aromatic rings. The second-order valence-corrected chi connectivity index (χ2v) is 6.14. The minimum atomic E-state index is -0.0799. The number of furan rings is 1. The number of nitrogens with zero attached hydrogens (tertiary/aromatic N) is 2. The zero-order valence-electron chi connectivity index (χ0n) is 12.1. The molecule has 0 aliphatic carbocycles. The summed E-state index contributed by atoms with van der Waals surface area (Å²) < 4.78 is 5.26. The standard InChI is InChI=1S/C16H19N3O2/c1-10-15(11-2-5-19(10)6-3-11)18-16(20)13-8-12-4-7-21-14(12)9-17-13/h4,7-11,15H,2-3,5-6H2,1H3,(H,18,20)/t10-,15-/m0/s1/i16-1. The van der Waals surface area contributed by atoms with E-state index < -0.39 is 0 Å². The Morgan fingerprint density at radius 1 is 1.43 bits per heavy atom. The lowest BCUT2D eigenvalue weighted by Crippen LogP contribution is -2.62. The van der Waals surface area contributed by atoms with E-state index in [-0.39, 0.29) is 11.9 Å². The molecular weight excluding hydrogens is 265 g/mol. The largest absolute Gasteiger partial charge is 0.463 e. The Balaban J connectivity index is 1.54. The van der Waals surface area contributed by atoms with Crippen molar-refractivity contribution in [1.29, 1.82) is 0 Å². The SMILES string of the molecule is C[C@H]1[C@H](N[11C](=O)c2cc3ccoc3cn2)C2CCN1CC2. The fraction of sp³-hybridized carbons (Fsp3) is 0.500. The molecule has 0 radical (unpaired) electrons. The molecule has 3 aliphatic heterocycles. The van der Waals surface area contributed by atoms with Crippen LogP contribution in [-0.2, 0) is 0 Å². The molecule has 21 heavy (non-hydrogen) atoms. The molecule has 3 fully saturated rings. The molecule has 2 aromatic heterocycles. The third-order valence-corrected chi connectivity index (χ3v) is 5.05. The topological polar surface area (TPSA) is 58.4 Å². The van der Waals surface area contributed by atoms with Gasteiger partial charge < -0.3 is 9.73 Å². The van der Waals surface area contributed by atoms with Crippen molar-refractivity contribution in [3.63, 3.8) is 0 Å². The predicted octanol–water partition coefficient (Wildman–Crippen LogP) is 2.04. The van der Waals surface area contributed by atoms with Gasteiger partial charge in [-0.1, -0.05) is 0 Å². The van der Waals surface area contributed by atoms with Gasteiger partial charge in [0.05, 0.1) is 12.5 Å². The third-order valence-electron chi connectivity index (χ3n) is 5.05. The van der Waals surface area contributed by atoms with E-state index in [1.54, 1.807) is 18.5 Å². The predicted molar refractivity (Wildman–Crippen MR) is 79.0 cm³/mol. The molecular formula is C16H19N3O2. The average molecular weight is 284 g/mol. The molecule has 2 bridgehead atoms. The Hall–Kier alpha value is -1.88. The lowest BCUT2D eigenvalue weighted by atomic mass is 9.77. The highest BCUT2D eigenvalue weighted by molar-refractivity contribution is 5.95. The van der Waals surface area contributed by atoms with Gasteiger partial charge in [-0.25, -0.2) is 4.98 Å². The van der Waals surface area contributed by atoms with Crippen molar-refractivity contribution in [3.8, 4) is 0 Å². The van der Waals surface area contributed by atoms with Crippen LogP contribution in [0.4, 0.5) is 0 Å². The number of pyridine rings is 1. The van der Waals surface area contributed by atoms with Crippen LogP contribution in [0.15, 0.2) is 29.0 Å². The van der Waals surface area contributed by atoms with Crippen molar-refractivity contribution in [2.24, 2.45) is 5.92 Å². The summed E-state index contributed by atoms with van der Waals surface area (Å²) in [6, 6.07) is 4.30. The Labute approximate surface area is 123 Å². The van der Waals surface area contributed by atoms with Crippen LogP contribution >= 0.6 is 0 Å². The first-order chi connectivity index (χ1) is 10.2. The molecule has 3 aliphatic rings. The molecule has 5 heterocycles. The van der Waals surface area contributed by atoms with Crippen LogP contribution in [0.3, 0.4) is 0 Å². The third kappa shape index (κ3) is 2.12. The molecule has 5 heteroatoms. The second kappa shape index (κ2) is 4.84. The number of nitrogens with one attached hydrogen (secondary N) is 1. The van der Waals surface area contributed by atoms with Gasteiger partial charge in [0, 0.05) is 17.5 Å². The Morgan fingerprint density at radius 2 is 2.24 bits per heavy atom. The van der Waals surface area contributed by atoms with Crippen molar-refractivity contribution in [2.75, 3.05) is 13.1 Å². The quantitative estimate of drug-likeness (QED) is 0.917. The number of rotatable bonds is 2. The first-order valence-corrected chi connectivity index (χ1v) is 7.60. The lowest BCUT2D eigenvalue weighted by Gasteiger charge is -2.49. The minimum Gasteiger partial charge on any atom is -0.463 e. The number of hydrogen-bond acceptors (Lipinski definition) is 4. The molecule has 1 N–H and O–H groups in total. The molecule has 1 amide bonds. The summed E-state index contributed by atoms with van der Waals surface area (Å²) in [4.78, 5) is 19.2. The number of carbonyl (C=O) groups excluding carboxylic acids is 1. The molecule has 2 atom stereocenters. The number of aromatic nitrogens is 1. The Morgan fingerprint density at radius 3 is 3.00 bits per heavy atom. The maximum atomic E-state index is 12.5. The van der Waals surface area contributed by atoms with E-state index in [0.717, 1.165) is 18.5 Å². The van der Waals surface area contributed by atoms with Crippen LogP contribution in [0.25, 0.3) is 11.0 Å². The molecule has 5 nitrogen and oxygen atoms in total. The second-order valence-electron chi connectivity index (χ2n) is 6.14. The Bertz CT molecular complexity index is 671. The molecule has 110 valence electrons. The van der Waals surface area contributed by atoms with Gasteiger partial charge in [0.2, 0.25) is 0 Å². The van der Waals surface area contributed by atoms with Gasteiger partial charge in [0.1, 0.15) is 5.69 Å². The fourth-order valence-electron chi connectivity index (χ4n) is 3.76. The first-order valence-electron chi connectivity index (χ1n) is 7.60. The highest BCUT2D eigenvalue weighted by Crippen LogP contribution is 2.32. The summed E-state index contributed by atoms with van der Waals surface area (Å²) in [5.74, 6) is 0.523. The molecule has 0 saturated carbocycles. The number of fused-ring (bicyclic) bond motifs is 4. The lowest BCUT2D eigenvalue weighted by molar-refractivity contribution is 0.0216. The van der Waals surface area contributed by atoms with Crippen molar-refractivity contribution < 1.29 is 9.21 Å². The summed E-state index contributed by atoms with van der Waals surface area (Å²) in [5, 5.41) is 4.11. The van der Waals surface area contributed by atoms with E-state index in [1.807, 2.05) is 6.07 Å². The smallest absolute Gasteiger partial charge is 0.270 e. The van der Waals surface area contributed by atoms with Gasteiger partial charge in [-0.05, 0) is 50.9 Å². The van der Waals surface area contributed by atoms with E-state index in [4.69, 9.17) is 4.42 Å². The maximum Gasteiger partial charge on any atom is 0.270 e. The van der Waals surface area contributed by atoms with E-state index in [9.17, 15) is 4.79 Å². The van der Waals surface area contributed by atoms with Gasteiger partial charge in [-0.3, -0.25) is 9.69 Å². The molecule has 5 rings (SSSR count). The normalized spacial score (nSPS) is 31.5. The Kier molecular flexibility index (Phi) is 2.96.